The second-order valence-corrected chi connectivity index (χ2v) is 17.8. The number of H-pyrrole nitrogens is 1. The lowest BCUT2D eigenvalue weighted by Gasteiger charge is -2.47. The van der Waals surface area contributed by atoms with Gasteiger partial charge in [0.25, 0.3) is 0 Å². The molecule has 0 aromatic carbocycles. The van der Waals surface area contributed by atoms with E-state index < -0.39 is 122 Å². The van der Waals surface area contributed by atoms with E-state index in [1.54, 1.807) is 40.1 Å². The lowest BCUT2D eigenvalue weighted by molar-refractivity contribution is -0.307. The number of nitrogens with zero attached hydrogens (tertiary/aromatic N) is 3. The van der Waals surface area contributed by atoms with Crippen molar-refractivity contribution < 1.29 is 72.6 Å². The van der Waals surface area contributed by atoms with Crippen LogP contribution in [0.4, 0.5) is 0 Å². The summed E-state index contributed by atoms with van der Waals surface area (Å²) in [5.41, 5.74) is 1.43. The Bertz CT molecular complexity index is 1610. The second-order valence-electron chi connectivity index (χ2n) is 17.8. The molecule has 4 heterocycles. The molecule has 4 rings (SSSR count). The summed E-state index contributed by atoms with van der Waals surface area (Å²) in [7, 11) is 4.74. The van der Waals surface area contributed by atoms with Crippen molar-refractivity contribution in [2.24, 2.45) is 23.7 Å². The zero-order chi connectivity index (χ0) is 48.0. The van der Waals surface area contributed by atoms with E-state index in [4.69, 9.17) is 42.6 Å². The zero-order valence-electron chi connectivity index (χ0n) is 40.2. The van der Waals surface area contributed by atoms with E-state index in [0.717, 1.165) is 0 Å². The molecule has 5 N–H and O–H groups in total. The maximum atomic E-state index is 14.0. The summed E-state index contributed by atoms with van der Waals surface area (Å²) in [6.45, 7) is 15.5. The van der Waals surface area contributed by atoms with E-state index in [0.29, 0.717) is 43.9 Å². The van der Waals surface area contributed by atoms with Crippen LogP contribution in [0, 0.1) is 23.7 Å². The minimum absolute atomic E-state index is 0.00963. The van der Waals surface area contributed by atoms with Crippen molar-refractivity contribution in [2.75, 3.05) is 47.6 Å². The molecule has 0 radical (unpaired) electrons. The maximum absolute atomic E-state index is 14.0. The van der Waals surface area contributed by atoms with E-state index in [-0.39, 0.29) is 25.2 Å². The van der Waals surface area contributed by atoms with Crippen LogP contribution in [0.1, 0.15) is 86.8 Å². The van der Waals surface area contributed by atoms with Crippen LogP contribution >= 0.6 is 0 Å². The molecule has 1 aromatic heterocycles. The van der Waals surface area contributed by atoms with Crippen molar-refractivity contribution in [2.45, 2.75) is 173 Å². The first-order valence-electron chi connectivity index (χ1n) is 23.2. The van der Waals surface area contributed by atoms with Crippen molar-refractivity contribution in [3.8, 4) is 0 Å². The van der Waals surface area contributed by atoms with Crippen LogP contribution in [0.5, 0.6) is 0 Å². The average Bonchev–Trinajstić information content (AvgIpc) is 3.80. The number of allylic oxidation sites excluding steroid dienone is 3. The molecule has 0 saturated carbocycles. The standard InChI is InChI=1S/C46H78N4O15/c1-12-35-31(24-61-46-44(58-11)43(57-10)40(55)29(8)63-46)19-25(4)15-16-33(51)26(5)20-30(21-37(59-13-2)60-14-3)42(27(6)34(52)22-36(53)64-35)65-45-41(56)38(39(54)28(7)62-45)50(9)18-17-32-23-47-49-48-32/h15-16,19,23,26-31,34-35,37-46,52,54-56H,12-14,17-18,20-22,24H2,1-11H3,(H,47,48,49)/b16-15+,25-19+/t26-,27+,28?,29?,30-,31?,34-,35-,38?,39?,40?,41?,42-,43?,44?,45?,46?/m1/s1. The number of ether oxygens (including phenoxy) is 9. The van der Waals surface area contributed by atoms with Gasteiger partial charge in [-0.3, -0.25) is 14.5 Å². The van der Waals surface area contributed by atoms with Crippen LogP contribution in [0.3, 0.4) is 0 Å². The molecule has 0 spiro atoms. The maximum Gasteiger partial charge on any atom is 0.308 e. The average molecular weight is 927 g/mol. The number of rotatable bonds is 18. The quantitative estimate of drug-likeness (QED) is 0.105. The lowest BCUT2D eigenvalue weighted by atomic mass is 9.79. The van der Waals surface area contributed by atoms with Gasteiger partial charge in [-0.25, -0.2) is 0 Å². The molecule has 3 aliphatic rings. The van der Waals surface area contributed by atoms with Gasteiger partial charge < -0.3 is 63.1 Å². The molecule has 1 aromatic rings. The van der Waals surface area contributed by atoms with E-state index >= 15 is 0 Å². The number of ketones is 1. The zero-order valence-corrected chi connectivity index (χ0v) is 40.2. The Morgan fingerprint density at radius 1 is 0.892 bits per heavy atom. The van der Waals surface area contributed by atoms with E-state index in [2.05, 4.69) is 15.4 Å². The van der Waals surface area contributed by atoms with Crippen LogP contribution in [-0.2, 0) is 58.6 Å². The van der Waals surface area contributed by atoms with Gasteiger partial charge in [-0.2, -0.15) is 15.4 Å². The predicted octanol–water partition coefficient (Wildman–Crippen LogP) is 2.49. The van der Waals surface area contributed by atoms with Crippen LogP contribution in [0.15, 0.2) is 30.0 Å². The molecule has 2 saturated heterocycles. The molecule has 11 unspecified atom stereocenters. The third kappa shape index (κ3) is 15.1. The fourth-order valence-electron chi connectivity index (χ4n) is 9.13. The molecular formula is C46H78N4O15. The van der Waals surface area contributed by atoms with Crippen molar-refractivity contribution in [1.29, 1.82) is 0 Å². The molecule has 0 aliphatic carbocycles. The topological polar surface area (TPSA) is 243 Å². The summed E-state index contributed by atoms with van der Waals surface area (Å²) < 4.78 is 54.7. The number of carbonyl (C=O) groups is 2. The van der Waals surface area contributed by atoms with Gasteiger partial charge in [0.2, 0.25) is 0 Å². The SMILES string of the molecule is CCOC(C[C@H]1C[C@@H](C)C(=O)/C=C/C(C)=C/C(COC2OC(C)C(O)C(OC)C2OC)[C@@H](CC)OC(=O)C[C@@H](O)[C@H](C)[C@H]1OC1OC(C)C(O)C(N(C)CCc2cn[nH]n2)C1O)OCC. The third-order valence-electron chi connectivity index (χ3n) is 13.0. The molecule has 19 nitrogen and oxygen atoms in total. The second kappa shape index (κ2) is 26.7. The first kappa shape index (κ1) is 54.8. The number of aromatic amines is 1. The highest BCUT2D eigenvalue weighted by molar-refractivity contribution is 5.91. The Morgan fingerprint density at radius 3 is 2.17 bits per heavy atom. The van der Waals surface area contributed by atoms with Crippen LogP contribution < -0.4 is 0 Å². The third-order valence-corrected chi connectivity index (χ3v) is 13.0. The van der Waals surface area contributed by atoms with Gasteiger partial charge in [-0.1, -0.05) is 38.5 Å². The van der Waals surface area contributed by atoms with Crippen molar-refractivity contribution in [3.63, 3.8) is 0 Å². The van der Waals surface area contributed by atoms with Gasteiger partial charge in [0.15, 0.2) is 24.7 Å². The number of aliphatic hydroxyl groups is 4. The fourth-order valence-corrected chi connectivity index (χ4v) is 9.13. The molecule has 0 amide bonds. The number of hydrogen-bond acceptors (Lipinski definition) is 18. The summed E-state index contributed by atoms with van der Waals surface area (Å²) in [6, 6.07) is -0.818. The van der Waals surface area contributed by atoms with Crippen molar-refractivity contribution in [1.82, 2.24) is 20.3 Å². The van der Waals surface area contributed by atoms with Gasteiger partial charge in [-0.15, -0.1) is 0 Å². The number of aliphatic hydroxyl groups excluding tert-OH is 4. The molecule has 17 atom stereocenters. The number of nitrogens with one attached hydrogen (secondary N) is 1. The van der Waals surface area contributed by atoms with Gasteiger partial charge >= 0.3 is 5.97 Å². The van der Waals surface area contributed by atoms with Gasteiger partial charge in [0.05, 0.1) is 61.5 Å². The molecule has 3 aliphatic heterocycles. The fraction of sp³-hybridized carbons (Fsp3) is 0.826. The van der Waals surface area contributed by atoms with Crippen LogP contribution in [0.2, 0.25) is 0 Å². The summed E-state index contributed by atoms with van der Waals surface area (Å²) in [5, 5.41) is 56.6. The van der Waals surface area contributed by atoms with E-state index in [1.165, 1.54) is 20.3 Å². The van der Waals surface area contributed by atoms with Crippen molar-refractivity contribution in [3.05, 3.63) is 35.7 Å². The predicted molar refractivity (Wildman–Crippen MR) is 236 cm³/mol. The number of likely N-dealkylation sites (N-methyl/N-ethyl adjacent to an activating group) is 1. The monoisotopic (exact) mass is 927 g/mol. The Kier molecular flexibility index (Phi) is 22.5. The van der Waals surface area contributed by atoms with E-state index in [9.17, 15) is 30.0 Å². The summed E-state index contributed by atoms with van der Waals surface area (Å²) in [5.74, 6) is -3.25. The smallest absolute Gasteiger partial charge is 0.308 e. The highest BCUT2D eigenvalue weighted by atomic mass is 16.7. The first-order valence-corrected chi connectivity index (χ1v) is 23.2. The summed E-state index contributed by atoms with van der Waals surface area (Å²) in [4.78, 5) is 29.8. The van der Waals surface area contributed by atoms with Crippen LogP contribution in [-0.4, -0.2) is 186 Å². The number of esters is 1. The van der Waals surface area contributed by atoms with Gasteiger partial charge in [0, 0.05) is 64.6 Å². The molecule has 19 heteroatoms. The van der Waals surface area contributed by atoms with Gasteiger partial charge in [0.1, 0.15) is 30.5 Å². The summed E-state index contributed by atoms with van der Waals surface area (Å²) in [6.07, 6.45) is -4.48. The van der Waals surface area contributed by atoms with E-state index in [1.807, 2.05) is 45.6 Å². The van der Waals surface area contributed by atoms with Crippen molar-refractivity contribution >= 4 is 11.8 Å². The number of methoxy groups -OCH3 is 2. The Labute approximate surface area is 384 Å². The van der Waals surface area contributed by atoms with Crippen LogP contribution in [0.25, 0.3) is 0 Å². The largest absolute Gasteiger partial charge is 0.462 e. The van der Waals surface area contributed by atoms with Gasteiger partial charge in [-0.05, 0) is 66.5 Å². The minimum Gasteiger partial charge on any atom is -0.462 e. The Morgan fingerprint density at radius 2 is 1.55 bits per heavy atom. The Hall–Kier alpha value is -2.76. The normalized spacial score (nSPS) is 38.4. The first-order chi connectivity index (χ1) is 31.0. The highest BCUT2D eigenvalue weighted by Gasteiger charge is 2.49. The Balaban J connectivity index is 1.69. The molecule has 372 valence electrons. The number of carbonyl (C=O) groups excluding carboxylic acids is 2. The molecular weight excluding hydrogens is 849 g/mol. The molecule has 65 heavy (non-hydrogen) atoms. The summed E-state index contributed by atoms with van der Waals surface area (Å²) >= 11 is 0. The number of aromatic nitrogens is 3. The number of cyclic esters (lactones) is 1. The molecule has 2 fully saturated rings. The minimum atomic E-state index is -1.36. The lowest BCUT2D eigenvalue weighted by Crippen LogP contribution is -2.64. The highest BCUT2D eigenvalue weighted by Crippen LogP contribution is 2.36. The number of hydrogen-bond donors (Lipinski definition) is 5. The molecule has 0 bridgehead atoms.